The van der Waals surface area contributed by atoms with Gasteiger partial charge in [-0.25, -0.2) is 0 Å². The van der Waals surface area contributed by atoms with E-state index in [-0.39, 0.29) is 5.91 Å². The molecule has 1 aliphatic rings. The highest BCUT2D eigenvalue weighted by Gasteiger charge is 2.30. The molecule has 0 spiro atoms. The highest BCUT2D eigenvalue weighted by Crippen LogP contribution is 2.24. The minimum atomic E-state index is 0.255. The zero-order valence-corrected chi connectivity index (χ0v) is 12.3. The van der Waals surface area contributed by atoms with Crippen molar-refractivity contribution in [2.45, 2.75) is 26.8 Å². The lowest BCUT2D eigenvalue weighted by molar-refractivity contribution is -0.128. The Morgan fingerprint density at radius 2 is 2.05 bits per heavy atom. The standard InChI is InChI=1S/C16H24N2O2/c1-12(2)14-9-16(19)18(11-14)7-8-20-15-5-3-13(10-17)4-6-15/h3-6,12,14H,7-11,17H2,1-2H3. The molecular formula is C16H24N2O2. The van der Waals surface area contributed by atoms with Crippen LogP contribution in [0.5, 0.6) is 5.75 Å². The normalized spacial score (nSPS) is 18.9. The van der Waals surface area contributed by atoms with Gasteiger partial charge in [-0.05, 0) is 29.5 Å². The zero-order valence-electron chi connectivity index (χ0n) is 12.3. The molecule has 0 bridgehead atoms. The number of nitrogens with two attached hydrogens (primary N) is 1. The predicted octanol–water partition coefficient (Wildman–Crippen LogP) is 2.03. The summed E-state index contributed by atoms with van der Waals surface area (Å²) in [6, 6.07) is 7.77. The third kappa shape index (κ3) is 3.73. The van der Waals surface area contributed by atoms with Crippen LogP contribution in [0.1, 0.15) is 25.8 Å². The molecule has 1 fully saturated rings. The Labute approximate surface area is 120 Å². The largest absolute Gasteiger partial charge is 0.492 e. The summed E-state index contributed by atoms with van der Waals surface area (Å²) in [6.45, 7) is 6.97. The van der Waals surface area contributed by atoms with Gasteiger partial charge in [0.1, 0.15) is 12.4 Å². The van der Waals surface area contributed by atoms with Crippen LogP contribution in [-0.4, -0.2) is 30.5 Å². The van der Waals surface area contributed by atoms with Gasteiger partial charge in [0.2, 0.25) is 5.91 Å². The lowest BCUT2D eigenvalue weighted by Crippen LogP contribution is -2.30. The van der Waals surface area contributed by atoms with E-state index in [1.807, 2.05) is 29.2 Å². The predicted molar refractivity (Wildman–Crippen MR) is 79.4 cm³/mol. The van der Waals surface area contributed by atoms with Gasteiger partial charge in [-0.2, -0.15) is 0 Å². The molecule has 4 heteroatoms. The summed E-state index contributed by atoms with van der Waals surface area (Å²) in [5, 5.41) is 0. The van der Waals surface area contributed by atoms with Crippen LogP contribution in [0.3, 0.4) is 0 Å². The van der Waals surface area contributed by atoms with E-state index in [2.05, 4.69) is 13.8 Å². The van der Waals surface area contributed by atoms with E-state index in [0.29, 0.717) is 38.0 Å². The van der Waals surface area contributed by atoms with E-state index >= 15 is 0 Å². The van der Waals surface area contributed by atoms with Gasteiger partial charge < -0.3 is 15.4 Å². The number of hydrogen-bond donors (Lipinski definition) is 1. The zero-order chi connectivity index (χ0) is 14.5. The number of amides is 1. The van der Waals surface area contributed by atoms with Gasteiger partial charge in [0.05, 0.1) is 6.54 Å². The molecule has 0 saturated carbocycles. The molecule has 1 saturated heterocycles. The fraction of sp³-hybridized carbons (Fsp3) is 0.562. The number of carbonyl (C=O) groups excluding carboxylic acids is 1. The Kier molecular flexibility index (Phi) is 5.01. The molecule has 1 aromatic carbocycles. The van der Waals surface area contributed by atoms with Crippen molar-refractivity contribution in [1.29, 1.82) is 0 Å². The maximum atomic E-state index is 11.9. The average Bonchev–Trinajstić information content (AvgIpc) is 2.81. The molecule has 2 rings (SSSR count). The third-order valence-electron chi connectivity index (χ3n) is 3.98. The van der Waals surface area contributed by atoms with Crippen molar-refractivity contribution in [2.75, 3.05) is 19.7 Å². The molecule has 1 unspecified atom stereocenters. The first-order valence-electron chi connectivity index (χ1n) is 7.29. The maximum absolute atomic E-state index is 11.9. The summed E-state index contributed by atoms with van der Waals surface area (Å²) < 4.78 is 5.68. The second kappa shape index (κ2) is 6.75. The molecule has 1 amide bonds. The van der Waals surface area contributed by atoms with Crippen LogP contribution in [0, 0.1) is 11.8 Å². The number of carbonyl (C=O) groups is 1. The molecule has 20 heavy (non-hydrogen) atoms. The van der Waals surface area contributed by atoms with E-state index in [4.69, 9.17) is 10.5 Å². The first kappa shape index (κ1) is 14.9. The first-order valence-corrected chi connectivity index (χ1v) is 7.29. The Balaban J connectivity index is 1.76. The molecule has 0 aromatic heterocycles. The SMILES string of the molecule is CC(C)C1CC(=O)N(CCOc2ccc(CN)cc2)C1. The molecule has 110 valence electrons. The van der Waals surface area contributed by atoms with Crippen LogP contribution in [0.4, 0.5) is 0 Å². The molecule has 0 aliphatic carbocycles. The fourth-order valence-corrected chi connectivity index (χ4v) is 2.46. The highest BCUT2D eigenvalue weighted by atomic mass is 16.5. The monoisotopic (exact) mass is 276 g/mol. The van der Waals surface area contributed by atoms with E-state index in [1.54, 1.807) is 0 Å². The Hall–Kier alpha value is -1.55. The number of ether oxygens (including phenoxy) is 1. The lowest BCUT2D eigenvalue weighted by atomic mass is 9.95. The average molecular weight is 276 g/mol. The summed E-state index contributed by atoms with van der Waals surface area (Å²) in [5.74, 6) is 2.14. The van der Waals surface area contributed by atoms with E-state index in [0.717, 1.165) is 17.9 Å². The van der Waals surface area contributed by atoms with Crippen molar-refractivity contribution in [1.82, 2.24) is 4.90 Å². The lowest BCUT2D eigenvalue weighted by Gasteiger charge is -2.18. The second-order valence-electron chi connectivity index (χ2n) is 5.74. The van der Waals surface area contributed by atoms with Crippen LogP contribution in [-0.2, 0) is 11.3 Å². The van der Waals surface area contributed by atoms with Crippen LogP contribution in [0.25, 0.3) is 0 Å². The van der Waals surface area contributed by atoms with Gasteiger partial charge in [-0.15, -0.1) is 0 Å². The van der Waals surface area contributed by atoms with Gasteiger partial charge in [0.25, 0.3) is 0 Å². The number of nitrogens with zero attached hydrogens (tertiary/aromatic N) is 1. The van der Waals surface area contributed by atoms with Crippen molar-refractivity contribution < 1.29 is 9.53 Å². The van der Waals surface area contributed by atoms with E-state index in [9.17, 15) is 4.79 Å². The summed E-state index contributed by atoms with van der Waals surface area (Å²) >= 11 is 0. The summed E-state index contributed by atoms with van der Waals surface area (Å²) in [7, 11) is 0. The molecular weight excluding hydrogens is 252 g/mol. The van der Waals surface area contributed by atoms with Crippen LogP contribution < -0.4 is 10.5 Å². The molecule has 1 heterocycles. The number of hydrogen-bond acceptors (Lipinski definition) is 3. The van der Waals surface area contributed by atoms with Gasteiger partial charge in [0, 0.05) is 19.5 Å². The van der Waals surface area contributed by atoms with Gasteiger partial charge in [-0.1, -0.05) is 26.0 Å². The molecule has 2 N–H and O–H groups in total. The van der Waals surface area contributed by atoms with Crippen molar-refractivity contribution in [3.63, 3.8) is 0 Å². The smallest absolute Gasteiger partial charge is 0.223 e. The topological polar surface area (TPSA) is 55.6 Å². The molecule has 1 atom stereocenters. The summed E-state index contributed by atoms with van der Waals surface area (Å²) in [6.07, 6.45) is 0.683. The van der Waals surface area contributed by atoms with E-state index < -0.39 is 0 Å². The van der Waals surface area contributed by atoms with Crippen LogP contribution >= 0.6 is 0 Å². The minimum Gasteiger partial charge on any atom is -0.492 e. The van der Waals surface area contributed by atoms with Crippen LogP contribution in [0.2, 0.25) is 0 Å². The Morgan fingerprint density at radius 3 is 2.60 bits per heavy atom. The Morgan fingerprint density at radius 1 is 1.35 bits per heavy atom. The van der Waals surface area contributed by atoms with E-state index in [1.165, 1.54) is 0 Å². The highest BCUT2D eigenvalue weighted by molar-refractivity contribution is 5.78. The van der Waals surface area contributed by atoms with Crippen molar-refractivity contribution in [2.24, 2.45) is 17.6 Å². The number of benzene rings is 1. The minimum absolute atomic E-state index is 0.255. The van der Waals surface area contributed by atoms with Crippen molar-refractivity contribution >= 4 is 5.91 Å². The second-order valence-corrected chi connectivity index (χ2v) is 5.74. The van der Waals surface area contributed by atoms with Gasteiger partial charge >= 0.3 is 0 Å². The molecule has 0 radical (unpaired) electrons. The Bertz CT molecular complexity index is 442. The first-order chi connectivity index (χ1) is 9.60. The van der Waals surface area contributed by atoms with Gasteiger partial charge in [-0.3, -0.25) is 4.79 Å². The summed E-state index contributed by atoms with van der Waals surface area (Å²) in [4.78, 5) is 13.8. The maximum Gasteiger partial charge on any atom is 0.223 e. The molecule has 1 aliphatic heterocycles. The van der Waals surface area contributed by atoms with Gasteiger partial charge in [0.15, 0.2) is 0 Å². The summed E-state index contributed by atoms with van der Waals surface area (Å²) in [5.41, 5.74) is 6.64. The fourth-order valence-electron chi connectivity index (χ4n) is 2.46. The van der Waals surface area contributed by atoms with Crippen molar-refractivity contribution in [3.05, 3.63) is 29.8 Å². The third-order valence-corrected chi connectivity index (χ3v) is 3.98. The number of rotatable bonds is 6. The molecule has 4 nitrogen and oxygen atoms in total. The number of likely N-dealkylation sites (tertiary alicyclic amines) is 1. The van der Waals surface area contributed by atoms with Crippen molar-refractivity contribution in [3.8, 4) is 5.75 Å². The quantitative estimate of drug-likeness (QED) is 0.865. The molecule has 1 aromatic rings. The van der Waals surface area contributed by atoms with Crippen LogP contribution in [0.15, 0.2) is 24.3 Å².